The normalized spacial score (nSPS) is 14.4. The van der Waals surface area contributed by atoms with Gasteiger partial charge in [0.25, 0.3) is 0 Å². The average molecular weight is 627 g/mol. The minimum Gasteiger partial charge on any atom is -0.278 e. The first kappa shape index (κ1) is 27.2. The van der Waals surface area contributed by atoms with Crippen LogP contribution in [0.2, 0.25) is 0 Å². The van der Waals surface area contributed by atoms with Gasteiger partial charge in [0, 0.05) is 25.6 Å². The Morgan fingerprint density at radius 3 is 1.83 bits per heavy atom. The van der Waals surface area contributed by atoms with Gasteiger partial charge in [-0.3, -0.25) is 4.90 Å². The highest BCUT2D eigenvalue weighted by Crippen LogP contribution is 2.54. The molecule has 0 atom stereocenters. The van der Waals surface area contributed by atoms with Gasteiger partial charge in [0.2, 0.25) is 11.8 Å². The monoisotopic (exact) mass is 626 g/mol. The minimum atomic E-state index is -4.70. The number of aryl methyl sites for hydroxylation is 1. The zero-order chi connectivity index (χ0) is 31.5. The van der Waals surface area contributed by atoms with Gasteiger partial charge in [0.05, 0.1) is 11.4 Å². The van der Waals surface area contributed by atoms with E-state index in [0.29, 0.717) is 0 Å². The van der Waals surface area contributed by atoms with E-state index in [-0.39, 0.29) is 11.8 Å². The molecule has 0 bridgehead atoms. The summed E-state index contributed by atoms with van der Waals surface area (Å²) in [4.78, 5) is 13.8. The number of fused-ring (bicyclic) bond motifs is 11. The first-order valence-corrected chi connectivity index (χ1v) is 15.8. The van der Waals surface area contributed by atoms with Gasteiger partial charge in [-0.2, -0.15) is 23.1 Å². The molecule has 0 spiro atoms. The Hall–Kier alpha value is -5.08. The number of nitrogens with zero attached hydrogens (tertiary/aromatic N) is 4. The predicted molar refractivity (Wildman–Crippen MR) is 182 cm³/mol. The molecule has 0 N–H and O–H groups in total. The minimum absolute atomic E-state index is 0.00951. The molecule has 1 aliphatic rings. The lowest BCUT2D eigenvalue weighted by Gasteiger charge is -2.41. The van der Waals surface area contributed by atoms with Gasteiger partial charge < -0.3 is 0 Å². The van der Waals surface area contributed by atoms with Crippen LogP contribution in [-0.4, -0.2) is 15.0 Å². The first-order chi connectivity index (χ1) is 22.1. The largest absolute Gasteiger partial charge is 0.451 e. The van der Waals surface area contributed by atoms with Crippen molar-refractivity contribution in [3.05, 3.63) is 120 Å². The smallest absolute Gasteiger partial charge is 0.278 e. The zero-order valence-corrected chi connectivity index (χ0v) is 25.9. The summed E-state index contributed by atoms with van der Waals surface area (Å²) in [6, 6.07) is 33.8. The van der Waals surface area contributed by atoms with Crippen molar-refractivity contribution in [2.45, 2.75) is 32.4 Å². The fourth-order valence-corrected chi connectivity index (χ4v) is 8.42. The number of para-hydroxylation sites is 1. The van der Waals surface area contributed by atoms with E-state index in [0.717, 1.165) is 42.7 Å². The molecule has 0 aliphatic carbocycles. The Morgan fingerprint density at radius 1 is 0.587 bits per heavy atom. The van der Waals surface area contributed by atoms with Gasteiger partial charge in [0.15, 0.2) is 0 Å². The van der Waals surface area contributed by atoms with Gasteiger partial charge in [-0.05, 0) is 80.7 Å². The van der Waals surface area contributed by atoms with Gasteiger partial charge in [0.1, 0.15) is 5.82 Å². The van der Waals surface area contributed by atoms with E-state index in [4.69, 9.17) is 0 Å². The van der Waals surface area contributed by atoms with E-state index < -0.39 is 17.4 Å². The standard InChI is InChI=1S/C38H25F3N4S/c1-20-42-35(38(39,40)41)44-36(43-20)45-31-15-9-8-14-29(31)37(2,3)30-17-28-27-16-25-23-12-6-4-10-21(23)22-11-5-7-13-24(22)26(25)18-33(27)46-34(28)19-32(30)45/h4-19H,1-3H3. The molecule has 2 aromatic heterocycles. The van der Waals surface area contributed by atoms with Crippen molar-refractivity contribution < 1.29 is 13.2 Å². The summed E-state index contributed by atoms with van der Waals surface area (Å²) in [5.41, 5.74) is 3.05. The summed E-state index contributed by atoms with van der Waals surface area (Å²) >= 11 is 1.69. The van der Waals surface area contributed by atoms with E-state index in [1.54, 1.807) is 16.2 Å². The second kappa shape index (κ2) is 9.23. The number of benzene rings is 6. The second-order valence-electron chi connectivity index (χ2n) is 12.4. The zero-order valence-electron chi connectivity index (χ0n) is 25.1. The van der Waals surface area contributed by atoms with Crippen LogP contribution in [0.3, 0.4) is 0 Å². The van der Waals surface area contributed by atoms with E-state index in [2.05, 4.69) is 102 Å². The topological polar surface area (TPSA) is 41.9 Å². The molecule has 0 saturated heterocycles. The molecule has 0 radical (unpaired) electrons. The number of anilines is 3. The third kappa shape index (κ3) is 3.76. The molecule has 9 rings (SSSR count). The van der Waals surface area contributed by atoms with Crippen molar-refractivity contribution in [1.29, 1.82) is 0 Å². The lowest BCUT2D eigenvalue weighted by molar-refractivity contribution is -0.145. The number of hydrogen-bond acceptors (Lipinski definition) is 5. The van der Waals surface area contributed by atoms with Crippen molar-refractivity contribution >= 4 is 81.1 Å². The summed E-state index contributed by atoms with van der Waals surface area (Å²) in [6.45, 7) is 5.79. The summed E-state index contributed by atoms with van der Waals surface area (Å²) < 4.78 is 43.9. The van der Waals surface area contributed by atoms with Crippen LogP contribution >= 0.6 is 11.3 Å². The molecule has 0 amide bonds. The Balaban J connectivity index is 1.37. The molecule has 224 valence electrons. The lowest BCUT2D eigenvalue weighted by Crippen LogP contribution is -2.32. The molecular weight excluding hydrogens is 602 g/mol. The third-order valence-electron chi connectivity index (χ3n) is 9.37. The number of alkyl halides is 3. The van der Waals surface area contributed by atoms with Crippen LogP contribution in [0.1, 0.15) is 36.6 Å². The predicted octanol–water partition coefficient (Wildman–Crippen LogP) is 11.1. The van der Waals surface area contributed by atoms with Crippen molar-refractivity contribution in [2.75, 3.05) is 4.90 Å². The molecule has 6 aromatic carbocycles. The summed E-state index contributed by atoms with van der Waals surface area (Å²) in [5, 5.41) is 9.55. The van der Waals surface area contributed by atoms with E-state index in [1.165, 1.54) is 39.2 Å². The highest BCUT2D eigenvalue weighted by molar-refractivity contribution is 7.26. The average Bonchev–Trinajstić information content (AvgIpc) is 3.39. The maximum Gasteiger partial charge on any atom is 0.451 e. The summed E-state index contributed by atoms with van der Waals surface area (Å²) in [7, 11) is 0. The molecule has 3 heterocycles. The number of halogens is 3. The first-order valence-electron chi connectivity index (χ1n) is 15.0. The van der Waals surface area contributed by atoms with Gasteiger partial charge in [-0.25, -0.2) is 4.98 Å². The number of rotatable bonds is 1. The third-order valence-corrected chi connectivity index (χ3v) is 10.5. The van der Waals surface area contributed by atoms with Crippen LogP contribution in [0.4, 0.5) is 30.5 Å². The SMILES string of the molecule is Cc1nc(N2c3ccccc3C(C)(C)c3cc4c(cc32)sc2cc3c5ccccc5c5ccccc5c3cc24)nc(C(F)(F)F)n1. The molecule has 1 aliphatic heterocycles. The van der Waals surface area contributed by atoms with Crippen LogP contribution in [0.15, 0.2) is 97.1 Å². The van der Waals surface area contributed by atoms with Crippen LogP contribution in [-0.2, 0) is 11.6 Å². The quantitative estimate of drug-likeness (QED) is 0.170. The Morgan fingerprint density at radius 2 is 1.15 bits per heavy atom. The Bertz CT molecular complexity index is 2590. The fraction of sp³-hybridized carbons (Fsp3) is 0.132. The van der Waals surface area contributed by atoms with Crippen LogP contribution in [0, 0.1) is 6.92 Å². The van der Waals surface area contributed by atoms with E-state index >= 15 is 0 Å². The molecular formula is C38H25F3N4S. The van der Waals surface area contributed by atoms with Crippen LogP contribution in [0.5, 0.6) is 0 Å². The van der Waals surface area contributed by atoms with Gasteiger partial charge in [-0.15, -0.1) is 11.3 Å². The Labute approximate surface area is 265 Å². The molecule has 8 heteroatoms. The Kier molecular flexibility index (Phi) is 5.47. The molecule has 0 unspecified atom stereocenters. The van der Waals surface area contributed by atoms with Gasteiger partial charge >= 0.3 is 6.18 Å². The molecule has 0 saturated carbocycles. The highest BCUT2D eigenvalue weighted by atomic mass is 32.1. The molecule has 4 nitrogen and oxygen atoms in total. The molecule has 46 heavy (non-hydrogen) atoms. The van der Waals surface area contributed by atoms with E-state index in [1.807, 2.05) is 24.3 Å². The van der Waals surface area contributed by atoms with E-state index in [9.17, 15) is 13.2 Å². The summed E-state index contributed by atoms with van der Waals surface area (Å²) in [5.74, 6) is -1.24. The number of aromatic nitrogens is 3. The van der Waals surface area contributed by atoms with Crippen molar-refractivity contribution in [2.24, 2.45) is 0 Å². The number of hydrogen-bond donors (Lipinski definition) is 0. The highest BCUT2D eigenvalue weighted by Gasteiger charge is 2.40. The maximum atomic E-state index is 13.9. The van der Waals surface area contributed by atoms with Crippen molar-refractivity contribution in [3.8, 4) is 0 Å². The van der Waals surface area contributed by atoms with Crippen LogP contribution in [0.25, 0.3) is 52.5 Å². The number of thiophene rings is 1. The molecule has 8 aromatic rings. The van der Waals surface area contributed by atoms with Crippen molar-refractivity contribution in [3.63, 3.8) is 0 Å². The lowest BCUT2D eigenvalue weighted by atomic mass is 9.73. The molecule has 0 fully saturated rings. The van der Waals surface area contributed by atoms with Gasteiger partial charge in [-0.1, -0.05) is 80.6 Å². The fourth-order valence-electron chi connectivity index (χ4n) is 7.28. The maximum absolute atomic E-state index is 13.9. The second-order valence-corrected chi connectivity index (χ2v) is 13.5. The summed E-state index contributed by atoms with van der Waals surface area (Å²) in [6.07, 6.45) is -4.70. The van der Waals surface area contributed by atoms with Crippen molar-refractivity contribution in [1.82, 2.24) is 15.0 Å². The van der Waals surface area contributed by atoms with Crippen LogP contribution < -0.4 is 4.90 Å².